The summed E-state index contributed by atoms with van der Waals surface area (Å²) in [7, 11) is 0. The van der Waals surface area contributed by atoms with E-state index >= 15 is 0 Å². The van der Waals surface area contributed by atoms with E-state index in [0.29, 0.717) is 0 Å². The van der Waals surface area contributed by atoms with Crippen LogP contribution in [0.5, 0.6) is 0 Å². The first kappa shape index (κ1) is 15.7. The summed E-state index contributed by atoms with van der Waals surface area (Å²) in [6.45, 7) is 15.3. The van der Waals surface area contributed by atoms with Gasteiger partial charge < -0.3 is 10.1 Å². The largest absolute Gasteiger partial charge is 0.444 e. The Kier molecular flexibility index (Phi) is 6.61. The van der Waals surface area contributed by atoms with Crippen LogP contribution in [0.25, 0.3) is 0 Å². The van der Waals surface area contributed by atoms with Gasteiger partial charge in [0.05, 0.1) is 0 Å². The second-order valence-electron chi connectivity index (χ2n) is 4.88. The molecule has 0 aromatic carbocycles. The Morgan fingerprint density at radius 1 is 1.00 bits per heavy atom. The van der Waals surface area contributed by atoms with Crippen LogP contribution in [0.15, 0.2) is 0 Å². The standard InChI is InChI=1S/C9H19NO2.C2H6/c1-8(2,3)10-7(11)12-9(4,5)6;1-2/h1-6H3,(H,10,11);1-2H3. The van der Waals surface area contributed by atoms with Gasteiger partial charge in [-0.3, -0.25) is 0 Å². The molecule has 0 fully saturated rings. The topological polar surface area (TPSA) is 38.3 Å². The fourth-order valence-corrected chi connectivity index (χ4v) is 0.610. The second kappa shape index (κ2) is 5.89. The quantitative estimate of drug-likeness (QED) is 0.655. The van der Waals surface area contributed by atoms with Crippen molar-refractivity contribution in [3.05, 3.63) is 0 Å². The summed E-state index contributed by atoms with van der Waals surface area (Å²) >= 11 is 0. The van der Waals surface area contributed by atoms with Crippen LogP contribution in [-0.2, 0) is 4.74 Å². The van der Waals surface area contributed by atoms with Gasteiger partial charge >= 0.3 is 6.09 Å². The lowest BCUT2D eigenvalue weighted by Crippen LogP contribution is -2.43. The Hall–Kier alpha value is -0.730. The summed E-state index contributed by atoms with van der Waals surface area (Å²) < 4.78 is 5.06. The van der Waals surface area contributed by atoms with E-state index in [4.69, 9.17) is 4.74 Å². The highest BCUT2D eigenvalue weighted by atomic mass is 16.6. The number of carbonyl (C=O) groups is 1. The summed E-state index contributed by atoms with van der Waals surface area (Å²) in [5.41, 5.74) is -0.655. The maximum absolute atomic E-state index is 11.1. The van der Waals surface area contributed by atoms with Crippen LogP contribution in [0.3, 0.4) is 0 Å². The average molecular weight is 203 g/mol. The van der Waals surface area contributed by atoms with Crippen LogP contribution >= 0.6 is 0 Å². The predicted octanol–water partition coefficient (Wildman–Crippen LogP) is 3.34. The molecule has 0 saturated heterocycles. The summed E-state index contributed by atoms with van der Waals surface area (Å²) in [6.07, 6.45) is -0.366. The second-order valence-corrected chi connectivity index (χ2v) is 4.88. The lowest BCUT2D eigenvalue weighted by Gasteiger charge is -2.25. The van der Waals surface area contributed by atoms with Crippen molar-refractivity contribution < 1.29 is 9.53 Å². The van der Waals surface area contributed by atoms with Crippen molar-refractivity contribution in [2.24, 2.45) is 0 Å². The molecule has 0 saturated carbocycles. The molecular formula is C11H25NO2. The molecule has 3 nitrogen and oxygen atoms in total. The first-order chi connectivity index (χ1) is 6.10. The Morgan fingerprint density at radius 2 is 1.36 bits per heavy atom. The lowest BCUT2D eigenvalue weighted by atomic mass is 10.1. The molecule has 0 aliphatic rings. The Labute approximate surface area is 88.2 Å². The molecule has 14 heavy (non-hydrogen) atoms. The van der Waals surface area contributed by atoms with Gasteiger partial charge in [0.2, 0.25) is 0 Å². The van der Waals surface area contributed by atoms with E-state index < -0.39 is 5.60 Å². The van der Waals surface area contributed by atoms with Crippen molar-refractivity contribution in [1.82, 2.24) is 5.32 Å². The molecule has 0 heterocycles. The van der Waals surface area contributed by atoms with Crippen LogP contribution in [0.1, 0.15) is 55.4 Å². The van der Waals surface area contributed by atoms with Crippen LogP contribution in [0, 0.1) is 0 Å². The summed E-state index contributed by atoms with van der Waals surface area (Å²) in [4.78, 5) is 11.1. The van der Waals surface area contributed by atoms with E-state index in [1.165, 1.54) is 0 Å². The van der Waals surface area contributed by atoms with Crippen LogP contribution in [0.4, 0.5) is 4.79 Å². The van der Waals surface area contributed by atoms with Crippen LogP contribution in [-0.4, -0.2) is 17.2 Å². The molecule has 0 aromatic rings. The Bertz CT molecular complexity index is 145. The van der Waals surface area contributed by atoms with Crippen LogP contribution in [0.2, 0.25) is 0 Å². The zero-order chi connectivity index (χ0) is 12.0. The smallest absolute Gasteiger partial charge is 0.408 e. The predicted molar refractivity (Wildman–Crippen MR) is 60.5 cm³/mol. The zero-order valence-corrected chi connectivity index (χ0v) is 10.8. The molecule has 0 aliphatic heterocycles. The van der Waals surface area contributed by atoms with Gasteiger partial charge in [-0.05, 0) is 41.5 Å². The van der Waals surface area contributed by atoms with Gasteiger partial charge in [0.15, 0.2) is 0 Å². The molecule has 0 rings (SSSR count). The van der Waals surface area contributed by atoms with Gasteiger partial charge in [0.25, 0.3) is 0 Å². The minimum absolute atomic E-state index is 0.234. The summed E-state index contributed by atoms with van der Waals surface area (Å²) in [5.74, 6) is 0. The monoisotopic (exact) mass is 203 g/mol. The van der Waals surface area contributed by atoms with Gasteiger partial charge in [-0.1, -0.05) is 13.8 Å². The third-order valence-corrected chi connectivity index (χ3v) is 0.876. The highest BCUT2D eigenvalue weighted by molar-refractivity contribution is 5.68. The normalized spacial score (nSPS) is 11.1. The Balaban J connectivity index is 0. The molecular weight excluding hydrogens is 178 g/mol. The molecule has 0 radical (unpaired) electrons. The first-order valence-electron chi connectivity index (χ1n) is 5.11. The number of rotatable bonds is 0. The maximum atomic E-state index is 11.1. The summed E-state index contributed by atoms with van der Waals surface area (Å²) in [6, 6.07) is 0. The number of amides is 1. The number of hydrogen-bond acceptors (Lipinski definition) is 2. The molecule has 3 heteroatoms. The third kappa shape index (κ3) is 13.8. The number of carbonyl (C=O) groups excluding carboxylic acids is 1. The van der Waals surface area contributed by atoms with Gasteiger partial charge in [-0.2, -0.15) is 0 Å². The van der Waals surface area contributed by atoms with Crippen molar-refractivity contribution in [2.75, 3.05) is 0 Å². The fraction of sp³-hybridized carbons (Fsp3) is 0.909. The van der Waals surface area contributed by atoms with Crippen LogP contribution < -0.4 is 5.32 Å². The number of nitrogens with one attached hydrogen (secondary N) is 1. The molecule has 0 unspecified atom stereocenters. The fourth-order valence-electron chi connectivity index (χ4n) is 0.610. The minimum Gasteiger partial charge on any atom is -0.444 e. The molecule has 0 bridgehead atoms. The highest BCUT2D eigenvalue weighted by Crippen LogP contribution is 2.08. The van der Waals surface area contributed by atoms with Crippen molar-refractivity contribution in [2.45, 2.75) is 66.5 Å². The van der Waals surface area contributed by atoms with Crippen molar-refractivity contribution in [3.8, 4) is 0 Å². The zero-order valence-electron chi connectivity index (χ0n) is 10.8. The minimum atomic E-state index is -0.421. The summed E-state index contributed by atoms with van der Waals surface area (Å²) in [5, 5.41) is 2.71. The van der Waals surface area contributed by atoms with Gasteiger partial charge in [0.1, 0.15) is 5.60 Å². The molecule has 0 aromatic heterocycles. The molecule has 0 spiro atoms. The molecule has 0 aliphatic carbocycles. The lowest BCUT2D eigenvalue weighted by molar-refractivity contribution is 0.0480. The van der Waals surface area contributed by atoms with E-state index in [2.05, 4.69) is 5.32 Å². The molecule has 1 N–H and O–H groups in total. The number of hydrogen-bond donors (Lipinski definition) is 1. The molecule has 0 atom stereocenters. The van der Waals surface area contributed by atoms with Crippen molar-refractivity contribution >= 4 is 6.09 Å². The average Bonchev–Trinajstić information content (AvgIpc) is 1.82. The van der Waals surface area contributed by atoms with E-state index in [1.54, 1.807) is 0 Å². The number of alkyl carbamates (subject to hydrolysis) is 1. The highest BCUT2D eigenvalue weighted by Gasteiger charge is 2.20. The first-order valence-corrected chi connectivity index (χ1v) is 5.11. The SMILES string of the molecule is CC.CC(C)(C)NC(=O)OC(C)(C)C. The third-order valence-electron chi connectivity index (χ3n) is 0.876. The maximum Gasteiger partial charge on any atom is 0.408 e. The van der Waals surface area contributed by atoms with Gasteiger partial charge in [-0.15, -0.1) is 0 Å². The van der Waals surface area contributed by atoms with E-state index in [9.17, 15) is 4.79 Å². The van der Waals surface area contributed by atoms with Gasteiger partial charge in [-0.25, -0.2) is 4.79 Å². The van der Waals surface area contributed by atoms with E-state index in [-0.39, 0.29) is 11.6 Å². The number of ether oxygens (including phenoxy) is 1. The molecule has 86 valence electrons. The van der Waals surface area contributed by atoms with E-state index in [1.807, 2.05) is 55.4 Å². The molecule has 1 amide bonds. The van der Waals surface area contributed by atoms with E-state index in [0.717, 1.165) is 0 Å². The van der Waals surface area contributed by atoms with Crippen molar-refractivity contribution in [3.63, 3.8) is 0 Å². The van der Waals surface area contributed by atoms with Crippen molar-refractivity contribution in [1.29, 1.82) is 0 Å². The van der Waals surface area contributed by atoms with Gasteiger partial charge in [0, 0.05) is 5.54 Å². The Morgan fingerprint density at radius 3 is 1.57 bits per heavy atom.